The average molecular weight is 525 g/mol. The number of hydrogen-bond donors (Lipinski definition) is 1. The third-order valence-electron chi connectivity index (χ3n) is 7.58. The van der Waals surface area contributed by atoms with Crippen molar-refractivity contribution in [3.8, 4) is 0 Å². The molecule has 0 radical (unpaired) electrons. The summed E-state index contributed by atoms with van der Waals surface area (Å²) in [6.45, 7) is 4.51. The van der Waals surface area contributed by atoms with Crippen molar-refractivity contribution >= 4 is 11.9 Å². The van der Waals surface area contributed by atoms with Gasteiger partial charge in [0.1, 0.15) is 6.10 Å². The monoisotopic (exact) mass is 524 g/mol. The first-order chi connectivity index (χ1) is 18.1. The normalized spacial score (nSPS) is 12.1. The van der Waals surface area contributed by atoms with E-state index in [2.05, 4.69) is 13.8 Å². The number of esters is 1. The molecule has 0 aliphatic carbocycles. The van der Waals surface area contributed by atoms with Gasteiger partial charge in [-0.3, -0.25) is 9.59 Å². The van der Waals surface area contributed by atoms with Crippen molar-refractivity contribution in [2.75, 3.05) is 0 Å². The second-order valence-electron chi connectivity index (χ2n) is 11.4. The van der Waals surface area contributed by atoms with E-state index in [9.17, 15) is 9.59 Å². The first-order valence-electron chi connectivity index (χ1n) is 16.5. The van der Waals surface area contributed by atoms with Crippen molar-refractivity contribution in [3.05, 3.63) is 0 Å². The van der Waals surface area contributed by atoms with E-state index < -0.39 is 5.97 Å². The molecule has 0 spiro atoms. The summed E-state index contributed by atoms with van der Waals surface area (Å²) in [5, 5.41) is 8.70. The molecule has 0 aromatic heterocycles. The summed E-state index contributed by atoms with van der Waals surface area (Å²) in [6, 6.07) is 0. The van der Waals surface area contributed by atoms with Crippen LogP contribution in [-0.2, 0) is 14.3 Å². The molecule has 37 heavy (non-hydrogen) atoms. The lowest BCUT2D eigenvalue weighted by molar-refractivity contribution is -0.150. The summed E-state index contributed by atoms with van der Waals surface area (Å²) in [5.41, 5.74) is 0. The third kappa shape index (κ3) is 29.4. The number of hydrogen-bond acceptors (Lipinski definition) is 3. The molecule has 0 amide bonds. The van der Waals surface area contributed by atoms with Crippen molar-refractivity contribution in [2.24, 2.45) is 0 Å². The van der Waals surface area contributed by atoms with E-state index in [0.29, 0.717) is 12.8 Å². The molecule has 0 heterocycles. The molecular weight excluding hydrogens is 460 g/mol. The zero-order valence-electron chi connectivity index (χ0n) is 25.0. The zero-order valence-corrected chi connectivity index (χ0v) is 25.0. The molecule has 1 unspecified atom stereocenters. The number of unbranched alkanes of at least 4 members (excludes halogenated alkanes) is 21. The highest BCUT2D eigenvalue weighted by Gasteiger charge is 2.14. The van der Waals surface area contributed by atoms with Gasteiger partial charge in [0, 0.05) is 12.8 Å². The lowest BCUT2D eigenvalue weighted by atomic mass is 10.0. The Bertz CT molecular complexity index is 491. The summed E-state index contributed by atoms with van der Waals surface area (Å²) in [6.07, 6.45) is 32.6. The molecule has 0 rings (SSSR count). The van der Waals surface area contributed by atoms with Crippen molar-refractivity contribution in [1.82, 2.24) is 0 Å². The van der Waals surface area contributed by atoms with Gasteiger partial charge >= 0.3 is 11.9 Å². The number of rotatable bonds is 30. The van der Waals surface area contributed by atoms with Gasteiger partial charge in [0.25, 0.3) is 0 Å². The maximum Gasteiger partial charge on any atom is 0.306 e. The van der Waals surface area contributed by atoms with Gasteiger partial charge in [0.2, 0.25) is 0 Å². The van der Waals surface area contributed by atoms with E-state index in [-0.39, 0.29) is 12.1 Å². The van der Waals surface area contributed by atoms with E-state index in [4.69, 9.17) is 9.84 Å². The van der Waals surface area contributed by atoms with Crippen molar-refractivity contribution < 1.29 is 19.4 Å². The Kier molecular flexibility index (Phi) is 28.7. The second-order valence-corrected chi connectivity index (χ2v) is 11.4. The Morgan fingerprint density at radius 3 is 1.19 bits per heavy atom. The van der Waals surface area contributed by atoms with Crippen LogP contribution in [-0.4, -0.2) is 23.1 Å². The van der Waals surface area contributed by atoms with E-state index in [1.54, 1.807) is 0 Å². The van der Waals surface area contributed by atoms with E-state index >= 15 is 0 Å². The molecular formula is C33H64O4. The average Bonchev–Trinajstić information content (AvgIpc) is 2.87. The zero-order chi connectivity index (χ0) is 27.2. The Hall–Kier alpha value is -1.06. The molecule has 0 aromatic carbocycles. The minimum Gasteiger partial charge on any atom is -0.481 e. The maximum atomic E-state index is 12.5. The van der Waals surface area contributed by atoms with Crippen molar-refractivity contribution in [2.45, 2.75) is 200 Å². The molecule has 4 heteroatoms. The number of carboxylic acids is 1. The second kappa shape index (κ2) is 29.5. The van der Waals surface area contributed by atoms with Crippen molar-refractivity contribution in [1.29, 1.82) is 0 Å². The molecule has 0 fully saturated rings. The smallest absolute Gasteiger partial charge is 0.306 e. The van der Waals surface area contributed by atoms with Crippen LogP contribution in [0.1, 0.15) is 194 Å². The van der Waals surface area contributed by atoms with Crippen molar-refractivity contribution in [3.63, 3.8) is 0 Å². The van der Waals surface area contributed by atoms with Gasteiger partial charge in [0.15, 0.2) is 0 Å². The summed E-state index contributed by atoms with van der Waals surface area (Å²) < 4.78 is 5.94. The minimum atomic E-state index is -0.686. The fourth-order valence-corrected chi connectivity index (χ4v) is 5.13. The van der Waals surface area contributed by atoms with E-state index in [0.717, 1.165) is 51.4 Å². The number of aliphatic carboxylic acids is 1. The van der Waals surface area contributed by atoms with E-state index in [1.807, 2.05) is 0 Å². The maximum absolute atomic E-state index is 12.5. The molecule has 0 saturated heterocycles. The largest absolute Gasteiger partial charge is 0.481 e. The van der Waals surface area contributed by atoms with E-state index in [1.165, 1.54) is 116 Å². The van der Waals surface area contributed by atoms with Crippen LogP contribution in [0, 0.1) is 0 Å². The molecule has 0 aliphatic heterocycles. The van der Waals surface area contributed by atoms with Crippen LogP contribution in [0.4, 0.5) is 0 Å². The highest BCUT2D eigenvalue weighted by atomic mass is 16.5. The summed E-state index contributed by atoms with van der Waals surface area (Å²) >= 11 is 0. The Morgan fingerprint density at radius 2 is 0.811 bits per heavy atom. The van der Waals surface area contributed by atoms with Crippen LogP contribution in [0.3, 0.4) is 0 Å². The van der Waals surface area contributed by atoms with Crippen LogP contribution < -0.4 is 0 Å². The van der Waals surface area contributed by atoms with Gasteiger partial charge in [-0.15, -0.1) is 0 Å². The molecule has 0 aromatic rings. The Labute approximate surface area is 231 Å². The van der Waals surface area contributed by atoms with Crippen LogP contribution in [0.2, 0.25) is 0 Å². The SMILES string of the molecule is CCCCCCCCCCCCCCC(=O)OC(CCCCCCC)CCCCCCCCCC(=O)O. The highest BCUT2D eigenvalue weighted by molar-refractivity contribution is 5.69. The predicted molar refractivity (Wildman–Crippen MR) is 158 cm³/mol. The molecule has 4 nitrogen and oxygen atoms in total. The number of carbonyl (C=O) groups excluding carboxylic acids is 1. The molecule has 0 bridgehead atoms. The fraction of sp³-hybridized carbons (Fsp3) is 0.939. The third-order valence-corrected chi connectivity index (χ3v) is 7.58. The first-order valence-corrected chi connectivity index (χ1v) is 16.5. The van der Waals surface area contributed by atoms with Gasteiger partial charge in [-0.25, -0.2) is 0 Å². The van der Waals surface area contributed by atoms with Gasteiger partial charge in [-0.2, -0.15) is 0 Å². The predicted octanol–water partition coefficient (Wildman–Crippen LogP) is 10.9. The lowest BCUT2D eigenvalue weighted by Gasteiger charge is -2.18. The standard InChI is InChI=1S/C33H64O4/c1-3-5-7-9-10-11-12-13-14-18-22-26-30-33(36)37-31(27-23-19-8-6-4-2)28-24-20-16-15-17-21-25-29-32(34)35/h31H,3-30H2,1-2H3,(H,34,35). The molecule has 1 N–H and O–H groups in total. The highest BCUT2D eigenvalue weighted by Crippen LogP contribution is 2.18. The van der Waals surface area contributed by atoms with Crippen LogP contribution >= 0.6 is 0 Å². The Balaban J connectivity index is 3.90. The van der Waals surface area contributed by atoms with Gasteiger partial charge in [0.05, 0.1) is 0 Å². The van der Waals surface area contributed by atoms with Gasteiger partial charge in [-0.1, -0.05) is 142 Å². The van der Waals surface area contributed by atoms with Gasteiger partial charge < -0.3 is 9.84 Å². The van der Waals surface area contributed by atoms with Crippen LogP contribution in [0.5, 0.6) is 0 Å². The number of carbonyl (C=O) groups is 2. The quantitative estimate of drug-likeness (QED) is 0.0749. The Morgan fingerprint density at radius 1 is 0.486 bits per heavy atom. The number of carboxylic acid groups (broad SMARTS) is 1. The lowest BCUT2D eigenvalue weighted by Crippen LogP contribution is -2.18. The minimum absolute atomic E-state index is 0.0177. The molecule has 220 valence electrons. The summed E-state index contributed by atoms with van der Waals surface area (Å²) in [7, 11) is 0. The first kappa shape index (κ1) is 35.9. The van der Waals surface area contributed by atoms with Crippen LogP contribution in [0.15, 0.2) is 0 Å². The summed E-state index contributed by atoms with van der Waals surface area (Å²) in [5.74, 6) is -0.668. The van der Waals surface area contributed by atoms with Gasteiger partial charge in [-0.05, 0) is 38.5 Å². The van der Waals surface area contributed by atoms with Crippen LogP contribution in [0.25, 0.3) is 0 Å². The number of ether oxygens (including phenoxy) is 1. The molecule has 0 aliphatic rings. The topological polar surface area (TPSA) is 63.6 Å². The molecule has 1 atom stereocenters. The fourth-order valence-electron chi connectivity index (χ4n) is 5.13. The summed E-state index contributed by atoms with van der Waals surface area (Å²) in [4.78, 5) is 23.1. The molecule has 0 saturated carbocycles.